The van der Waals surface area contributed by atoms with Crippen molar-refractivity contribution in [1.29, 1.82) is 0 Å². The Balaban J connectivity index is 1.65. The second kappa shape index (κ2) is 9.41. The molecule has 1 atom stereocenters. The molecule has 0 radical (unpaired) electrons. The topological polar surface area (TPSA) is 75.7 Å². The standard InChI is InChI=1S/C22H28N2O4S/c1-3-21(28-19-9-7-8-17(2)16-19)22(25)23-18-10-12-20(13-11-18)29(26,27)24-14-5-4-6-15-24/h7-13,16,21H,3-6,14-15H2,1-2H3,(H,23,25). The maximum absolute atomic E-state index is 12.7. The number of nitrogens with one attached hydrogen (secondary N) is 1. The number of rotatable bonds is 7. The van der Waals surface area contributed by atoms with E-state index >= 15 is 0 Å². The van der Waals surface area contributed by atoms with Gasteiger partial charge in [0.25, 0.3) is 5.91 Å². The lowest BCUT2D eigenvalue weighted by atomic mass is 10.2. The molecule has 2 aromatic carbocycles. The Kier molecular flexibility index (Phi) is 6.92. The summed E-state index contributed by atoms with van der Waals surface area (Å²) in [6.45, 7) is 4.98. The predicted molar refractivity (Wildman–Crippen MR) is 114 cm³/mol. The van der Waals surface area contributed by atoms with Gasteiger partial charge in [-0.1, -0.05) is 25.5 Å². The number of hydrogen-bond donors (Lipinski definition) is 1. The zero-order valence-corrected chi connectivity index (χ0v) is 17.7. The molecule has 7 heteroatoms. The van der Waals surface area contributed by atoms with Crippen LogP contribution in [0.1, 0.15) is 38.2 Å². The van der Waals surface area contributed by atoms with E-state index in [2.05, 4.69) is 5.32 Å². The number of benzene rings is 2. The molecule has 0 bridgehead atoms. The fourth-order valence-electron chi connectivity index (χ4n) is 3.36. The highest BCUT2D eigenvalue weighted by Crippen LogP contribution is 2.22. The van der Waals surface area contributed by atoms with Crippen LogP contribution in [0.3, 0.4) is 0 Å². The van der Waals surface area contributed by atoms with Crippen LogP contribution in [0.4, 0.5) is 5.69 Å². The molecule has 1 aliphatic rings. The highest BCUT2D eigenvalue weighted by Gasteiger charge is 2.26. The number of hydrogen-bond acceptors (Lipinski definition) is 4. The van der Waals surface area contributed by atoms with Crippen molar-refractivity contribution in [3.63, 3.8) is 0 Å². The highest BCUT2D eigenvalue weighted by molar-refractivity contribution is 7.89. The lowest BCUT2D eigenvalue weighted by molar-refractivity contribution is -0.122. The molecule has 1 saturated heterocycles. The minimum absolute atomic E-state index is 0.250. The van der Waals surface area contributed by atoms with Gasteiger partial charge in [-0.05, 0) is 68.1 Å². The highest BCUT2D eigenvalue weighted by atomic mass is 32.2. The van der Waals surface area contributed by atoms with Gasteiger partial charge < -0.3 is 10.1 Å². The SMILES string of the molecule is CCC(Oc1cccc(C)c1)C(=O)Nc1ccc(S(=O)(=O)N2CCCCC2)cc1. The molecule has 1 unspecified atom stereocenters. The van der Waals surface area contributed by atoms with Gasteiger partial charge in [-0.15, -0.1) is 0 Å². The van der Waals surface area contributed by atoms with Gasteiger partial charge in [-0.2, -0.15) is 4.31 Å². The number of carbonyl (C=O) groups excluding carboxylic acids is 1. The van der Waals surface area contributed by atoms with E-state index in [0.717, 1.165) is 24.8 Å². The van der Waals surface area contributed by atoms with Crippen molar-refractivity contribution < 1.29 is 17.9 Å². The molecule has 1 fully saturated rings. The van der Waals surface area contributed by atoms with Crippen molar-refractivity contribution in [2.75, 3.05) is 18.4 Å². The molecule has 0 aromatic heterocycles. The number of sulfonamides is 1. The van der Waals surface area contributed by atoms with Crippen molar-refractivity contribution in [2.24, 2.45) is 0 Å². The fraction of sp³-hybridized carbons (Fsp3) is 0.409. The minimum atomic E-state index is -3.48. The lowest BCUT2D eigenvalue weighted by Gasteiger charge is -2.26. The third-order valence-electron chi connectivity index (χ3n) is 5.01. The zero-order valence-electron chi connectivity index (χ0n) is 16.9. The number of nitrogens with zero attached hydrogens (tertiary/aromatic N) is 1. The molecule has 0 aliphatic carbocycles. The lowest BCUT2D eigenvalue weighted by Crippen LogP contribution is -2.35. The maximum atomic E-state index is 12.7. The molecule has 1 N–H and O–H groups in total. The van der Waals surface area contributed by atoms with E-state index in [-0.39, 0.29) is 10.8 Å². The Morgan fingerprint density at radius 3 is 2.41 bits per heavy atom. The predicted octanol–water partition coefficient (Wildman–Crippen LogP) is 3.97. The molecule has 156 valence electrons. The summed E-state index contributed by atoms with van der Waals surface area (Å²) in [4.78, 5) is 12.8. The quantitative estimate of drug-likeness (QED) is 0.741. The van der Waals surface area contributed by atoms with Crippen LogP contribution in [0, 0.1) is 6.92 Å². The van der Waals surface area contributed by atoms with Crippen LogP contribution in [-0.2, 0) is 14.8 Å². The maximum Gasteiger partial charge on any atom is 0.265 e. The van der Waals surface area contributed by atoms with Gasteiger partial charge in [0.15, 0.2) is 6.10 Å². The van der Waals surface area contributed by atoms with Crippen molar-refractivity contribution in [3.8, 4) is 5.75 Å². The molecule has 1 heterocycles. The zero-order chi connectivity index (χ0) is 20.9. The summed E-state index contributed by atoms with van der Waals surface area (Å²) in [6.07, 6.45) is 2.74. The molecule has 1 aliphatic heterocycles. The Bertz CT molecular complexity index is 936. The summed E-state index contributed by atoms with van der Waals surface area (Å²) < 4.78 is 32.8. The van der Waals surface area contributed by atoms with Crippen molar-refractivity contribution in [1.82, 2.24) is 4.31 Å². The van der Waals surface area contributed by atoms with Crippen LogP contribution in [0.5, 0.6) is 5.75 Å². The van der Waals surface area contributed by atoms with Gasteiger partial charge in [0, 0.05) is 18.8 Å². The molecular formula is C22H28N2O4S. The summed E-state index contributed by atoms with van der Waals surface area (Å²) in [7, 11) is -3.48. The summed E-state index contributed by atoms with van der Waals surface area (Å²) in [5.74, 6) is 0.385. The first kappa shape index (κ1) is 21.3. The summed E-state index contributed by atoms with van der Waals surface area (Å²) in [5, 5.41) is 2.81. The van der Waals surface area contributed by atoms with Crippen molar-refractivity contribution in [3.05, 3.63) is 54.1 Å². The summed E-state index contributed by atoms with van der Waals surface area (Å²) >= 11 is 0. The van der Waals surface area contributed by atoms with Crippen LogP contribution >= 0.6 is 0 Å². The van der Waals surface area contributed by atoms with Gasteiger partial charge >= 0.3 is 0 Å². The molecule has 3 rings (SSSR count). The Labute approximate surface area is 172 Å². The first-order valence-electron chi connectivity index (χ1n) is 10.0. The van der Waals surface area contributed by atoms with Gasteiger partial charge in [-0.3, -0.25) is 4.79 Å². The normalized spacial score (nSPS) is 16.2. The average Bonchev–Trinajstić information content (AvgIpc) is 2.73. The monoisotopic (exact) mass is 416 g/mol. The van der Waals surface area contributed by atoms with E-state index in [1.807, 2.05) is 38.1 Å². The molecule has 0 saturated carbocycles. The van der Waals surface area contributed by atoms with Crippen LogP contribution in [-0.4, -0.2) is 37.8 Å². The van der Waals surface area contributed by atoms with Gasteiger partial charge in [-0.25, -0.2) is 8.42 Å². The summed E-state index contributed by atoms with van der Waals surface area (Å²) in [6, 6.07) is 13.9. The van der Waals surface area contributed by atoms with Crippen molar-refractivity contribution in [2.45, 2.75) is 50.5 Å². The largest absolute Gasteiger partial charge is 0.481 e. The van der Waals surface area contributed by atoms with Crippen molar-refractivity contribution >= 4 is 21.6 Å². The second-order valence-electron chi connectivity index (χ2n) is 7.31. The van der Waals surface area contributed by atoms with Gasteiger partial charge in [0.2, 0.25) is 10.0 Å². The van der Waals surface area contributed by atoms with Crippen LogP contribution in [0.15, 0.2) is 53.4 Å². The van der Waals surface area contributed by atoms with Crippen LogP contribution in [0.2, 0.25) is 0 Å². The molecular weight excluding hydrogens is 388 g/mol. The number of amides is 1. The van der Waals surface area contributed by atoms with E-state index in [0.29, 0.717) is 30.9 Å². The van der Waals surface area contributed by atoms with E-state index in [1.165, 1.54) is 4.31 Å². The third-order valence-corrected chi connectivity index (χ3v) is 6.92. The number of carbonyl (C=O) groups is 1. The minimum Gasteiger partial charge on any atom is -0.481 e. The number of aryl methyl sites for hydroxylation is 1. The first-order chi connectivity index (χ1) is 13.9. The van der Waals surface area contributed by atoms with E-state index in [1.54, 1.807) is 24.3 Å². The van der Waals surface area contributed by atoms with Crippen LogP contribution in [0.25, 0.3) is 0 Å². The number of anilines is 1. The fourth-order valence-corrected chi connectivity index (χ4v) is 4.88. The van der Waals surface area contributed by atoms with E-state index < -0.39 is 16.1 Å². The Hall–Kier alpha value is -2.38. The van der Waals surface area contributed by atoms with Crippen LogP contribution < -0.4 is 10.1 Å². The number of ether oxygens (including phenoxy) is 1. The average molecular weight is 417 g/mol. The molecule has 6 nitrogen and oxygen atoms in total. The first-order valence-corrected chi connectivity index (χ1v) is 11.5. The van der Waals surface area contributed by atoms with Gasteiger partial charge in [0.05, 0.1) is 4.90 Å². The number of piperidine rings is 1. The van der Waals surface area contributed by atoms with Gasteiger partial charge in [0.1, 0.15) is 5.75 Å². The van der Waals surface area contributed by atoms with E-state index in [4.69, 9.17) is 4.74 Å². The molecule has 2 aromatic rings. The third kappa shape index (κ3) is 5.36. The Morgan fingerprint density at radius 2 is 1.79 bits per heavy atom. The summed E-state index contributed by atoms with van der Waals surface area (Å²) in [5.41, 5.74) is 1.60. The second-order valence-corrected chi connectivity index (χ2v) is 9.25. The van der Waals surface area contributed by atoms with E-state index in [9.17, 15) is 13.2 Å². The molecule has 29 heavy (non-hydrogen) atoms. The molecule has 1 amide bonds. The molecule has 0 spiro atoms. The smallest absolute Gasteiger partial charge is 0.265 e. The Morgan fingerprint density at radius 1 is 1.10 bits per heavy atom.